The highest BCUT2D eigenvalue weighted by atomic mass is 16.6. The molecule has 1 aromatic carbocycles. The van der Waals surface area contributed by atoms with E-state index in [2.05, 4.69) is 0 Å². The maximum Gasteiger partial charge on any atom is 0.410 e. The molecule has 1 amide bonds. The van der Waals surface area contributed by atoms with Crippen molar-refractivity contribution in [3.63, 3.8) is 0 Å². The molecule has 2 fully saturated rings. The lowest BCUT2D eigenvalue weighted by Gasteiger charge is -2.47. The molecule has 0 N–H and O–H groups in total. The van der Waals surface area contributed by atoms with Crippen LogP contribution in [-0.2, 0) is 30.3 Å². The van der Waals surface area contributed by atoms with E-state index in [0.717, 1.165) is 5.56 Å². The van der Waals surface area contributed by atoms with Crippen LogP contribution in [0.2, 0.25) is 0 Å². The lowest BCUT2D eigenvalue weighted by atomic mass is 9.81. The molecule has 0 saturated carbocycles. The van der Waals surface area contributed by atoms with Crippen molar-refractivity contribution < 1.29 is 28.5 Å². The molecule has 0 aliphatic carbocycles. The zero-order chi connectivity index (χ0) is 20.5. The van der Waals surface area contributed by atoms with Gasteiger partial charge in [-0.05, 0) is 24.8 Å². The number of morpholine rings is 1. The van der Waals surface area contributed by atoms with Crippen LogP contribution in [-0.4, -0.2) is 69.0 Å². The molecule has 0 radical (unpaired) electrons. The number of hydrogen-bond donors (Lipinski definition) is 0. The number of benzene rings is 1. The first-order chi connectivity index (χ1) is 14.2. The number of rotatable bonds is 10. The Bertz CT molecular complexity index is 638. The van der Waals surface area contributed by atoms with Gasteiger partial charge in [-0.15, -0.1) is 0 Å². The van der Waals surface area contributed by atoms with Crippen LogP contribution in [0.1, 0.15) is 31.2 Å². The number of piperidine rings is 1. The smallest absolute Gasteiger partial charge is 0.410 e. The zero-order valence-corrected chi connectivity index (χ0v) is 17.1. The molecule has 7 heteroatoms. The minimum Gasteiger partial charge on any atom is -0.445 e. The predicted octanol–water partition coefficient (Wildman–Crippen LogP) is 2.81. The number of amides is 1. The number of Topliss-reactive ketones (excluding diaryl/α,β-unsaturated/α-hetero) is 1. The quantitative estimate of drug-likeness (QED) is 0.557. The van der Waals surface area contributed by atoms with Crippen molar-refractivity contribution in [1.29, 1.82) is 0 Å². The first kappa shape index (κ1) is 21.7. The number of fused-ring (bicyclic) bond motifs is 2. The summed E-state index contributed by atoms with van der Waals surface area (Å²) in [7, 11) is 1.64. The molecule has 1 aromatic rings. The van der Waals surface area contributed by atoms with Crippen LogP contribution in [0.4, 0.5) is 4.79 Å². The summed E-state index contributed by atoms with van der Waals surface area (Å²) in [6.45, 7) is 2.85. The Morgan fingerprint density at radius 3 is 2.48 bits per heavy atom. The lowest BCUT2D eigenvalue weighted by molar-refractivity contribution is -0.131. The fourth-order valence-electron chi connectivity index (χ4n) is 4.07. The molecular weight excluding hydrogens is 374 g/mol. The van der Waals surface area contributed by atoms with Gasteiger partial charge in [0.1, 0.15) is 12.4 Å². The van der Waals surface area contributed by atoms with E-state index < -0.39 is 0 Å². The van der Waals surface area contributed by atoms with Gasteiger partial charge in [-0.2, -0.15) is 0 Å². The Balaban J connectivity index is 1.46. The van der Waals surface area contributed by atoms with Gasteiger partial charge >= 0.3 is 6.09 Å². The molecule has 29 heavy (non-hydrogen) atoms. The summed E-state index contributed by atoms with van der Waals surface area (Å²) in [6, 6.07) is 9.44. The summed E-state index contributed by atoms with van der Waals surface area (Å²) in [6.07, 6.45) is 2.19. The molecule has 2 atom stereocenters. The van der Waals surface area contributed by atoms with Crippen LogP contribution in [0.25, 0.3) is 0 Å². The molecule has 2 aliphatic heterocycles. The van der Waals surface area contributed by atoms with E-state index in [-0.39, 0.29) is 36.5 Å². The standard InChI is InChI=1S/C22H31NO6/c1-26-10-11-27-9-5-8-21(24)18-12-19-15-28-16-20(13-18)23(19)22(25)29-14-17-6-3-2-4-7-17/h2-4,6-7,18-20H,5,8-16H2,1H3. The number of ether oxygens (including phenoxy) is 4. The van der Waals surface area contributed by atoms with Crippen LogP contribution in [0, 0.1) is 5.92 Å². The van der Waals surface area contributed by atoms with E-state index in [1.54, 1.807) is 12.0 Å². The van der Waals surface area contributed by atoms with Crippen molar-refractivity contribution in [2.24, 2.45) is 5.92 Å². The first-order valence-corrected chi connectivity index (χ1v) is 10.3. The fourth-order valence-corrected chi connectivity index (χ4v) is 4.07. The average Bonchev–Trinajstić information content (AvgIpc) is 2.74. The van der Waals surface area contributed by atoms with E-state index >= 15 is 0 Å². The summed E-state index contributed by atoms with van der Waals surface area (Å²) in [4.78, 5) is 27.1. The van der Waals surface area contributed by atoms with Crippen molar-refractivity contribution >= 4 is 11.9 Å². The maximum absolute atomic E-state index is 12.7. The van der Waals surface area contributed by atoms with Gasteiger partial charge in [-0.3, -0.25) is 9.69 Å². The molecule has 0 aromatic heterocycles. The van der Waals surface area contributed by atoms with E-state index in [9.17, 15) is 9.59 Å². The van der Waals surface area contributed by atoms with Crippen molar-refractivity contribution in [2.45, 2.75) is 44.4 Å². The Hall–Kier alpha value is -1.96. The number of carbonyl (C=O) groups excluding carboxylic acids is 2. The fraction of sp³-hybridized carbons (Fsp3) is 0.636. The molecule has 2 unspecified atom stereocenters. The minimum absolute atomic E-state index is 0.0222. The Morgan fingerprint density at radius 1 is 1.07 bits per heavy atom. The molecular formula is C22H31NO6. The number of nitrogens with zero attached hydrogens (tertiary/aromatic N) is 1. The highest BCUT2D eigenvalue weighted by molar-refractivity contribution is 5.81. The van der Waals surface area contributed by atoms with Crippen molar-refractivity contribution in [2.75, 3.05) is 40.1 Å². The van der Waals surface area contributed by atoms with E-state index in [0.29, 0.717) is 58.7 Å². The van der Waals surface area contributed by atoms with Gasteiger partial charge in [0.05, 0.1) is 38.5 Å². The highest BCUT2D eigenvalue weighted by Crippen LogP contribution is 2.33. The second kappa shape index (κ2) is 11.3. The topological polar surface area (TPSA) is 74.3 Å². The van der Waals surface area contributed by atoms with Crippen molar-refractivity contribution in [3.8, 4) is 0 Å². The second-order valence-corrected chi connectivity index (χ2v) is 7.64. The molecule has 0 spiro atoms. The highest BCUT2D eigenvalue weighted by Gasteiger charge is 2.44. The van der Waals surface area contributed by atoms with E-state index in [4.69, 9.17) is 18.9 Å². The zero-order valence-electron chi connectivity index (χ0n) is 17.1. The lowest BCUT2D eigenvalue weighted by Crippen LogP contribution is -2.59. The third-order valence-electron chi connectivity index (χ3n) is 5.54. The van der Waals surface area contributed by atoms with Gasteiger partial charge in [0.15, 0.2) is 0 Å². The maximum atomic E-state index is 12.7. The van der Waals surface area contributed by atoms with Crippen LogP contribution in [0.15, 0.2) is 30.3 Å². The van der Waals surface area contributed by atoms with Gasteiger partial charge in [-0.25, -0.2) is 4.79 Å². The van der Waals surface area contributed by atoms with Gasteiger partial charge in [0.2, 0.25) is 0 Å². The molecule has 3 rings (SSSR count). The number of methoxy groups -OCH3 is 1. The van der Waals surface area contributed by atoms with Crippen LogP contribution in [0.5, 0.6) is 0 Å². The molecule has 7 nitrogen and oxygen atoms in total. The van der Waals surface area contributed by atoms with Crippen LogP contribution in [0.3, 0.4) is 0 Å². The van der Waals surface area contributed by atoms with Gasteiger partial charge in [-0.1, -0.05) is 30.3 Å². The summed E-state index contributed by atoms with van der Waals surface area (Å²) in [5, 5.41) is 0. The van der Waals surface area contributed by atoms with Gasteiger partial charge < -0.3 is 18.9 Å². The van der Waals surface area contributed by atoms with Gasteiger partial charge in [0, 0.05) is 26.1 Å². The number of ketones is 1. The Morgan fingerprint density at radius 2 is 1.79 bits per heavy atom. The molecule has 2 aliphatic rings. The van der Waals surface area contributed by atoms with E-state index in [1.165, 1.54) is 0 Å². The summed E-state index contributed by atoms with van der Waals surface area (Å²) in [5.41, 5.74) is 0.958. The SMILES string of the molecule is COCCOCCCC(=O)C1CC2COCC(C1)N2C(=O)OCc1ccccc1. The van der Waals surface area contributed by atoms with Gasteiger partial charge in [0.25, 0.3) is 0 Å². The molecule has 2 saturated heterocycles. The van der Waals surface area contributed by atoms with E-state index in [1.807, 2.05) is 30.3 Å². The normalized spacial score (nSPS) is 23.6. The minimum atomic E-state index is -0.315. The summed E-state index contributed by atoms with van der Waals surface area (Å²) in [5.74, 6) is 0.237. The predicted molar refractivity (Wildman–Crippen MR) is 107 cm³/mol. The van der Waals surface area contributed by atoms with Crippen molar-refractivity contribution in [1.82, 2.24) is 4.90 Å². The van der Waals surface area contributed by atoms with Crippen molar-refractivity contribution in [3.05, 3.63) is 35.9 Å². The Labute approximate surface area is 172 Å². The summed E-state index contributed by atoms with van der Waals surface area (Å²) < 4.78 is 21.5. The third-order valence-corrected chi connectivity index (χ3v) is 5.54. The number of carbonyl (C=O) groups is 2. The monoisotopic (exact) mass is 405 g/mol. The third kappa shape index (κ3) is 6.26. The first-order valence-electron chi connectivity index (χ1n) is 10.3. The largest absolute Gasteiger partial charge is 0.445 e. The summed E-state index contributed by atoms with van der Waals surface area (Å²) >= 11 is 0. The second-order valence-electron chi connectivity index (χ2n) is 7.64. The molecule has 2 heterocycles. The molecule has 2 bridgehead atoms. The average molecular weight is 405 g/mol. The Kier molecular flexibility index (Phi) is 8.46. The van der Waals surface area contributed by atoms with Crippen LogP contribution >= 0.6 is 0 Å². The molecule has 160 valence electrons. The van der Waals surface area contributed by atoms with Crippen LogP contribution < -0.4 is 0 Å². The number of hydrogen-bond acceptors (Lipinski definition) is 6.